The van der Waals surface area contributed by atoms with Gasteiger partial charge in [-0.2, -0.15) is 0 Å². The summed E-state index contributed by atoms with van der Waals surface area (Å²) in [5.74, 6) is 0. The van der Waals surface area contributed by atoms with Gasteiger partial charge in [0.1, 0.15) is 0 Å². The molecule has 1 heterocycles. The number of pyridine rings is 1. The summed E-state index contributed by atoms with van der Waals surface area (Å²) in [4.78, 5) is 4.40. The zero-order chi connectivity index (χ0) is 15.5. The maximum Gasteiger partial charge on any atom is 0.0373 e. The van der Waals surface area contributed by atoms with Gasteiger partial charge in [-0.1, -0.05) is 51.1 Å². The van der Waals surface area contributed by atoms with Crippen molar-refractivity contribution in [2.45, 2.75) is 45.6 Å². The second-order valence-electron chi connectivity index (χ2n) is 6.73. The zero-order valence-electron chi connectivity index (χ0n) is 13.8. The van der Waals surface area contributed by atoms with E-state index in [9.17, 15) is 0 Å². The molecule has 21 heavy (non-hydrogen) atoms. The highest BCUT2D eigenvalue weighted by molar-refractivity contribution is 5.29. The van der Waals surface area contributed by atoms with Crippen molar-refractivity contribution in [1.29, 1.82) is 0 Å². The molecule has 0 spiro atoms. The maximum absolute atomic E-state index is 4.40. The Morgan fingerprint density at radius 3 is 2.19 bits per heavy atom. The monoisotopic (exact) mass is 282 g/mol. The third-order valence-corrected chi connectivity index (χ3v) is 3.94. The van der Waals surface area contributed by atoms with E-state index in [1.165, 1.54) is 16.7 Å². The Labute approximate surface area is 128 Å². The minimum absolute atomic E-state index is 0.210. The van der Waals surface area contributed by atoms with Crippen LogP contribution in [-0.4, -0.2) is 12.0 Å². The van der Waals surface area contributed by atoms with E-state index in [0.29, 0.717) is 6.04 Å². The normalized spacial score (nSPS) is 13.2. The van der Waals surface area contributed by atoms with E-state index in [-0.39, 0.29) is 5.41 Å². The Kier molecular flexibility index (Phi) is 4.79. The molecule has 0 radical (unpaired) electrons. The zero-order valence-corrected chi connectivity index (χ0v) is 13.8. The number of hydrogen-bond acceptors (Lipinski definition) is 2. The van der Waals surface area contributed by atoms with E-state index >= 15 is 0 Å². The van der Waals surface area contributed by atoms with Crippen molar-refractivity contribution in [3.05, 3.63) is 65.0 Å². The summed E-state index contributed by atoms with van der Waals surface area (Å²) < 4.78 is 0. The van der Waals surface area contributed by atoms with Crippen LogP contribution in [0.5, 0.6) is 0 Å². The van der Waals surface area contributed by atoms with E-state index in [0.717, 1.165) is 12.1 Å². The van der Waals surface area contributed by atoms with Crippen molar-refractivity contribution in [3.63, 3.8) is 0 Å². The fraction of sp³-hybridized carbons (Fsp3) is 0.421. The van der Waals surface area contributed by atoms with Gasteiger partial charge in [-0.25, -0.2) is 0 Å². The predicted molar refractivity (Wildman–Crippen MR) is 89.6 cm³/mol. The molecule has 1 aromatic carbocycles. The van der Waals surface area contributed by atoms with Crippen LogP contribution in [0.2, 0.25) is 0 Å². The van der Waals surface area contributed by atoms with Gasteiger partial charge in [0.2, 0.25) is 0 Å². The summed E-state index contributed by atoms with van der Waals surface area (Å²) >= 11 is 0. The number of nitrogens with one attached hydrogen (secondary N) is 1. The fourth-order valence-electron chi connectivity index (χ4n) is 2.45. The van der Waals surface area contributed by atoms with Crippen LogP contribution in [0.4, 0.5) is 0 Å². The van der Waals surface area contributed by atoms with Crippen LogP contribution in [0, 0.1) is 6.92 Å². The first-order valence-electron chi connectivity index (χ1n) is 7.59. The smallest absolute Gasteiger partial charge is 0.0373 e. The van der Waals surface area contributed by atoms with Gasteiger partial charge < -0.3 is 5.32 Å². The van der Waals surface area contributed by atoms with Gasteiger partial charge in [-0.15, -0.1) is 0 Å². The van der Waals surface area contributed by atoms with Crippen LogP contribution in [0.1, 0.15) is 49.2 Å². The Balaban J connectivity index is 2.13. The lowest BCUT2D eigenvalue weighted by Crippen LogP contribution is -2.19. The molecule has 2 rings (SSSR count). The highest BCUT2D eigenvalue weighted by Gasteiger charge is 2.14. The molecule has 0 aliphatic carbocycles. The van der Waals surface area contributed by atoms with Crippen molar-refractivity contribution in [2.75, 3.05) is 7.05 Å². The van der Waals surface area contributed by atoms with E-state index in [2.05, 4.69) is 67.5 Å². The number of hydrogen-bond donors (Lipinski definition) is 1. The lowest BCUT2D eigenvalue weighted by Gasteiger charge is -2.20. The third-order valence-electron chi connectivity index (χ3n) is 3.94. The van der Waals surface area contributed by atoms with Crippen molar-refractivity contribution in [3.8, 4) is 0 Å². The lowest BCUT2D eigenvalue weighted by molar-refractivity contribution is 0.582. The van der Waals surface area contributed by atoms with E-state index in [4.69, 9.17) is 0 Å². The van der Waals surface area contributed by atoms with Crippen molar-refractivity contribution < 1.29 is 0 Å². The summed E-state index contributed by atoms with van der Waals surface area (Å²) in [6.07, 6.45) is 2.95. The molecule has 1 unspecified atom stereocenters. The molecular formula is C19H26N2. The van der Waals surface area contributed by atoms with E-state index in [1.807, 2.05) is 20.2 Å². The molecule has 0 aliphatic heterocycles. The van der Waals surface area contributed by atoms with E-state index < -0.39 is 0 Å². The highest BCUT2D eigenvalue weighted by atomic mass is 14.9. The second-order valence-corrected chi connectivity index (χ2v) is 6.73. The average molecular weight is 282 g/mol. The SMILES string of the molecule is CNC(Cc1ccc(C(C)(C)C)cc1)c1ccc(C)nc1. The van der Waals surface area contributed by atoms with Gasteiger partial charge in [0.15, 0.2) is 0 Å². The summed E-state index contributed by atoms with van der Waals surface area (Å²) in [6.45, 7) is 8.76. The van der Waals surface area contributed by atoms with Crippen molar-refractivity contribution in [1.82, 2.24) is 10.3 Å². The fourth-order valence-corrected chi connectivity index (χ4v) is 2.45. The first-order chi connectivity index (χ1) is 9.90. The molecule has 2 aromatic rings. The molecule has 0 saturated heterocycles. The number of aryl methyl sites for hydroxylation is 1. The van der Waals surface area contributed by atoms with Gasteiger partial charge in [0, 0.05) is 17.9 Å². The van der Waals surface area contributed by atoms with Crippen LogP contribution >= 0.6 is 0 Å². The summed E-state index contributed by atoms with van der Waals surface area (Å²) in [5, 5.41) is 3.39. The largest absolute Gasteiger partial charge is 0.313 e. The predicted octanol–water partition coefficient (Wildman–Crippen LogP) is 4.19. The maximum atomic E-state index is 4.40. The van der Waals surface area contributed by atoms with Crippen molar-refractivity contribution >= 4 is 0 Å². The highest BCUT2D eigenvalue weighted by Crippen LogP contribution is 2.24. The third kappa shape index (κ3) is 4.15. The summed E-state index contributed by atoms with van der Waals surface area (Å²) in [7, 11) is 2.01. The van der Waals surface area contributed by atoms with Crippen LogP contribution < -0.4 is 5.32 Å². The average Bonchev–Trinajstić information content (AvgIpc) is 2.45. The molecular weight excluding hydrogens is 256 g/mol. The molecule has 2 nitrogen and oxygen atoms in total. The molecule has 0 bridgehead atoms. The molecule has 0 aliphatic rings. The van der Waals surface area contributed by atoms with Gasteiger partial charge >= 0.3 is 0 Å². The molecule has 0 saturated carbocycles. The molecule has 112 valence electrons. The second kappa shape index (κ2) is 6.40. The standard InChI is InChI=1S/C19H26N2/c1-14-6-9-16(13-21-14)18(20-5)12-15-7-10-17(11-8-15)19(2,3)4/h6-11,13,18,20H,12H2,1-5H3. The minimum atomic E-state index is 0.210. The molecule has 1 atom stereocenters. The minimum Gasteiger partial charge on any atom is -0.313 e. The number of aromatic nitrogens is 1. The van der Waals surface area contributed by atoms with Crippen LogP contribution in [-0.2, 0) is 11.8 Å². The first-order valence-corrected chi connectivity index (χ1v) is 7.59. The Bertz CT molecular complexity index is 562. The van der Waals surface area contributed by atoms with Crippen LogP contribution in [0.25, 0.3) is 0 Å². The summed E-state index contributed by atoms with van der Waals surface area (Å²) in [5.41, 5.74) is 5.24. The number of rotatable bonds is 4. The Morgan fingerprint density at radius 2 is 1.71 bits per heavy atom. The molecule has 0 amide bonds. The van der Waals surface area contributed by atoms with Crippen LogP contribution in [0.3, 0.4) is 0 Å². The number of likely N-dealkylation sites (N-methyl/N-ethyl adjacent to an activating group) is 1. The molecule has 1 N–H and O–H groups in total. The quantitative estimate of drug-likeness (QED) is 0.909. The molecule has 2 heteroatoms. The van der Waals surface area contributed by atoms with Crippen molar-refractivity contribution in [2.24, 2.45) is 0 Å². The Hall–Kier alpha value is -1.67. The van der Waals surface area contributed by atoms with E-state index in [1.54, 1.807) is 0 Å². The Morgan fingerprint density at radius 1 is 1.05 bits per heavy atom. The number of nitrogens with zero attached hydrogens (tertiary/aromatic N) is 1. The first kappa shape index (κ1) is 15.7. The van der Waals surface area contributed by atoms with Gasteiger partial charge in [-0.3, -0.25) is 4.98 Å². The van der Waals surface area contributed by atoms with Gasteiger partial charge in [0.05, 0.1) is 0 Å². The molecule has 1 aromatic heterocycles. The van der Waals surface area contributed by atoms with Gasteiger partial charge in [-0.05, 0) is 48.6 Å². The van der Waals surface area contributed by atoms with Crippen LogP contribution in [0.15, 0.2) is 42.6 Å². The van der Waals surface area contributed by atoms with Gasteiger partial charge in [0.25, 0.3) is 0 Å². The number of benzene rings is 1. The molecule has 0 fully saturated rings. The topological polar surface area (TPSA) is 24.9 Å². The lowest BCUT2D eigenvalue weighted by atomic mass is 9.86. The summed E-state index contributed by atoms with van der Waals surface area (Å²) in [6, 6.07) is 13.5.